The number of carboxylic acid groups (broad SMARTS) is 2. The molecule has 201 valence electrons. The Labute approximate surface area is 223 Å². The predicted octanol–water partition coefficient (Wildman–Crippen LogP) is 1.32. The van der Waals surface area contributed by atoms with E-state index in [0.29, 0.717) is 0 Å². The van der Waals surface area contributed by atoms with E-state index in [4.69, 9.17) is 0 Å². The summed E-state index contributed by atoms with van der Waals surface area (Å²) in [6.45, 7) is -1.88. The molecule has 0 spiro atoms. The van der Waals surface area contributed by atoms with Crippen molar-refractivity contribution in [2.75, 3.05) is 26.2 Å². The van der Waals surface area contributed by atoms with Crippen molar-refractivity contribution in [1.82, 2.24) is 9.80 Å². The smallest absolute Gasteiger partial charge is 0.325 e. The van der Waals surface area contributed by atoms with E-state index in [0.717, 1.165) is 9.80 Å². The molecule has 0 aliphatic rings. The Hall–Kier alpha value is -3.64. The van der Waals surface area contributed by atoms with Crippen molar-refractivity contribution in [3.63, 3.8) is 0 Å². The van der Waals surface area contributed by atoms with Gasteiger partial charge in [-0.1, -0.05) is 36.4 Å². The van der Waals surface area contributed by atoms with Crippen LogP contribution in [0.4, 0.5) is 0 Å². The van der Waals surface area contributed by atoms with Gasteiger partial charge in [0.05, 0.1) is 13.1 Å². The minimum atomic E-state index is -1.54. The normalized spacial score (nSPS) is 12.3. The Morgan fingerprint density at radius 1 is 0.757 bits per heavy atom. The number of aliphatic carboxylic acids is 2. The van der Waals surface area contributed by atoms with Crippen LogP contribution in [0, 0.1) is 14.2 Å². The molecule has 0 amide bonds. The summed E-state index contributed by atoms with van der Waals surface area (Å²) < 4.78 is 9.01. The van der Waals surface area contributed by atoms with Crippen LogP contribution in [0.1, 0.15) is 23.2 Å². The van der Waals surface area contributed by atoms with Gasteiger partial charge < -0.3 is 29.9 Å². The Morgan fingerprint density at radius 2 is 1.22 bits per heavy atom. The van der Waals surface area contributed by atoms with Gasteiger partial charge in [0, 0.05) is 41.3 Å². The van der Waals surface area contributed by atoms with Gasteiger partial charge in [-0.2, -0.15) is 14.2 Å². The Morgan fingerprint density at radius 3 is 1.62 bits per heavy atom. The molecule has 4 N–H and O–H groups in total. The molecule has 0 fully saturated rings. The molecule has 1 unspecified atom stereocenters. The molecule has 2 aromatic carbocycles. The first-order chi connectivity index (χ1) is 17.1. The quantitative estimate of drug-likeness (QED) is 0.158. The molecule has 37 heavy (non-hydrogen) atoms. The maximum absolute atomic E-state index is 12.6. The number of carbonyl (C=O) groups is 4. The van der Waals surface area contributed by atoms with Crippen LogP contribution in [0.15, 0.2) is 48.5 Å². The average Bonchev–Trinajstić information content (AvgIpc) is 2.83. The summed E-state index contributed by atoms with van der Waals surface area (Å²) in [5.41, 5.74) is 0.00711. The molecule has 0 bridgehead atoms. The minimum Gasteiger partial charge on any atom is -0.639 e. The zero-order valence-corrected chi connectivity index (χ0v) is 20.7. The van der Waals surface area contributed by atoms with Gasteiger partial charge in [0.15, 0.2) is 0 Å². The molecule has 12 nitrogen and oxygen atoms in total. The fraction of sp³-hybridized carbons (Fsp3) is 0.250. The molecule has 0 saturated carbocycles. The molecule has 1 radical (unpaired) electrons. The molecule has 2 atom stereocenters. The van der Waals surface area contributed by atoms with Gasteiger partial charge in [-0.15, -0.1) is 0 Å². The number of hydrogen-bond acceptors (Lipinski definition) is 10. The van der Waals surface area contributed by atoms with Crippen LogP contribution in [0.5, 0.6) is 11.5 Å². The molecule has 0 heterocycles. The van der Waals surface area contributed by atoms with Crippen LogP contribution in [0.25, 0.3) is 0 Å². The van der Waals surface area contributed by atoms with E-state index in [2.05, 4.69) is 23.7 Å². The monoisotopic (exact) mass is 557 g/mol. The van der Waals surface area contributed by atoms with Crippen molar-refractivity contribution < 1.29 is 66.1 Å². The van der Waals surface area contributed by atoms with Crippen molar-refractivity contribution in [1.29, 1.82) is 0 Å². The number of phenols is 2. The number of phenolic OH excluding ortho intramolecular Hbond substituents is 2. The summed E-state index contributed by atoms with van der Waals surface area (Å²) in [4.78, 5) is 50.7. The molecule has 2 rings (SSSR count). The molecule has 13 heteroatoms. The topological polar surface area (TPSA) is 174 Å². The number of nitrogens with zero attached hydrogens (tertiary/aromatic N) is 2. The molecule has 2 aromatic rings. The summed E-state index contributed by atoms with van der Waals surface area (Å²) >= 11 is 0. The fourth-order valence-corrected chi connectivity index (χ4v) is 3.72. The summed E-state index contributed by atoms with van der Waals surface area (Å²) in [6.07, 6.45) is 0. The zero-order valence-electron chi connectivity index (χ0n) is 19.5. The molecule has 0 aliphatic carbocycles. The van der Waals surface area contributed by atoms with Crippen LogP contribution < -0.4 is 0 Å². The van der Waals surface area contributed by atoms with Crippen molar-refractivity contribution in [3.05, 3.63) is 73.9 Å². The van der Waals surface area contributed by atoms with Crippen LogP contribution in [0.2, 0.25) is 0 Å². The second-order valence-electron chi connectivity index (χ2n) is 7.58. The number of aromatic hydroxyl groups is 2. The summed E-state index contributed by atoms with van der Waals surface area (Å²) in [7, 11) is 6.10. The Kier molecular flexibility index (Phi) is 12.6. The first-order valence-corrected chi connectivity index (χ1v) is 10.5. The molecule has 0 aliphatic heterocycles. The van der Waals surface area contributed by atoms with Crippen molar-refractivity contribution >= 4 is 23.9 Å². The zero-order chi connectivity index (χ0) is 26.8. The number of carbonyl (C=O) groups excluding carboxylic acids is 2. The number of ether oxygens (including phenoxy) is 2. The van der Waals surface area contributed by atoms with Gasteiger partial charge in [-0.25, -0.2) is 0 Å². The minimum absolute atomic E-state index is 0. The van der Waals surface area contributed by atoms with Crippen molar-refractivity contribution in [2.24, 2.45) is 0 Å². The van der Waals surface area contributed by atoms with E-state index in [1.165, 1.54) is 48.5 Å². The summed E-state index contributed by atoms with van der Waals surface area (Å²) in [5, 5.41) is 39.9. The molecule has 0 aromatic heterocycles. The van der Waals surface area contributed by atoms with Gasteiger partial charge in [0.1, 0.15) is 23.6 Å². The number of carboxylic acids is 2. The molecular weight excluding hydrogens is 531 g/mol. The fourth-order valence-electron chi connectivity index (χ4n) is 3.72. The van der Waals surface area contributed by atoms with E-state index < -0.39 is 49.1 Å². The maximum atomic E-state index is 12.6. The van der Waals surface area contributed by atoms with Crippen molar-refractivity contribution in [3.8, 4) is 11.5 Å². The van der Waals surface area contributed by atoms with Gasteiger partial charge in [0.25, 0.3) is 11.9 Å². The first kappa shape index (κ1) is 31.4. The number of benzene rings is 2. The van der Waals surface area contributed by atoms with Gasteiger partial charge in [-0.3, -0.25) is 29.0 Å². The van der Waals surface area contributed by atoms with Crippen LogP contribution >= 0.6 is 0 Å². The van der Waals surface area contributed by atoms with Gasteiger partial charge >= 0.3 is 11.9 Å². The second kappa shape index (κ2) is 14.8. The van der Waals surface area contributed by atoms with E-state index in [1.54, 1.807) is 0 Å². The summed E-state index contributed by atoms with van der Waals surface area (Å²) in [5.74, 6) is -5.25. The third-order valence-corrected chi connectivity index (χ3v) is 5.30. The Bertz CT molecular complexity index is 1090. The van der Waals surface area contributed by atoms with Gasteiger partial charge in [-0.05, 0) is 12.1 Å². The molecule has 0 saturated heterocycles. The number of esters is 2. The van der Waals surface area contributed by atoms with Gasteiger partial charge in [0.2, 0.25) is 0 Å². The van der Waals surface area contributed by atoms with Crippen LogP contribution in [-0.2, 0) is 45.7 Å². The van der Waals surface area contributed by atoms with Crippen LogP contribution in [0.3, 0.4) is 0 Å². The third kappa shape index (κ3) is 8.46. The predicted molar refractivity (Wildman–Crippen MR) is 123 cm³/mol. The van der Waals surface area contributed by atoms with Crippen molar-refractivity contribution in [2.45, 2.75) is 12.1 Å². The van der Waals surface area contributed by atoms with E-state index in [9.17, 15) is 39.6 Å². The summed E-state index contributed by atoms with van der Waals surface area (Å²) in [6, 6.07) is 8.37. The number of hydrogen-bond donors (Lipinski definition) is 4. The second-order valence-corrected chi connectivity index (χ2v) is 7.58. The first-order valence-electron chi connectivity index (χ1n) is 10.5. The maximum Gasteiger partial charge on any atom is 0.325 e. The van der Waals surface area contributed by atoms with E-state index >= 15 is 0 Å². The largest absolute Gasteiger partial charge is 0.639 e. The molecular formula is C24H26MnN2O10-2. The van der Waals surface area contributed by atoms with E-state index in [1.807, 2.05) is 0 Å². The SMILES string of the molecule is [CH2-]OC(=O)CN(CCN(CC(=O)O)C(C(=O)O[CH2-])c1ccccc1O)[C@H](C(=O)O)c1ccccc1O.[Mn]. The number of rotatable bonds is 13. The third-order valence-electron chi connectivity index (χ3n) is 5.30. The Balaban J connectivity index is 0.00000684. The standard InChI is InChI=1S/C24H26N2O10.Mn/c1-35-20(31)14-26(21(23(32)33)15-7-3-5-9-17(15)27)12-11-25(13-19(29)30)22(24(34)36-2)16-8-4-6-10-18(16)28;/h3-10,21-22,27-28H,1-2,11-14H2,(H,29,30)(H,32,33);/q-2;/t21-,22?;/m0./s1. The van der Waals surface area contributed by atoms with Crippen LogP contribution in [-0.4, -0.2) is 80.3 Å². The number of para-hydroxylation sites is 2. The van der Waals surface area contributed by atoms with E-state index in [-0.39, 0.29) is 52.8 Å². The average molecular weight is 557 g/mol.